The van der Waals surface area contributed by atoms with E-state index in [2.05, 4.69) is 30.9 Å². The summed E-state index contributed by atoms with van der Waals surface area (Å²) in [7, 11) is 0. The molecule has 0 atom stereocenters. The Balaban J connectivity index is 1.93. The van der Waals surface area contributed by atoms with Crippen LogP contribution >= 0.6 is 23.2 Å². The first-order valence-electron chi connectivity index (χ1n) is 10.3. The lowest BCUT2D eigenvalue weighted by molar-refractivity contribution is 0.223. The lowest BCUT2D eigenvalue weighted by Crippen LogP contribution is -2.27. The van der Waals surface area contributed by atoms with Gasteiger partial charge in [-0.2, -0.15) is 0 Å². The standard InChI is InChI=1S/C26H27Cl2NO/c1-3-29(4-2)17-18-30-24-16-15-22(19-23(24)27)25(20-11-7-5-8-12-20)26(28)21-13-9-6-10-14-21/h5-16,19H,3-4,17-18H2,1-2H3/b26-25-. The van der Waals surface area contributed by atoms with Crippen LogP contribution in [0.1, 0.15) is 30.5 Å². The summed E-state index contributed by atoms with van der Waals surface area (Å²) in [4.78, 5) is 2.32. The molecule has 3 aromatic carbocycles. The van der Waals surface area contributed by atoms with Crippen LogP contribution in [0.5, 0.6) is 5.75 Å². The molecule has 0 aliphatic carbocycles. The van der Waals surface area contributed by atoms with Gasteiger partial charge in [0.05, 0.1) is 10.1 Å². The number of likely N-dealkylation sites (N-methyl/N-ethyl adjacent to an activating group) is 1. The molecular weight excluding hydrogens is 413 g/mol. The zero-order chi connectivity index (χ0) is 21.3. The molecule has 0 radical (unpaired) electrons. The first-order valence-corrected chi connectivity index (χ1v) is 11.0. The van der Waals surface area contributed by atoms with Crippen LogP contribution in [-0.4, -0.2) is 31.1 Å². The summed E-state index contributed by atoms with van der Waals surface area (Å²) in [5.74, 6) is 0.691. The van der Waals surface area contributed by atoms with Gasteiger partial charge in [0, 0.05) is 12.1 Å². The van der Waals surface area contributed by atoms with Crippen molar-refractivity contribution >= 4 is 33.8 Å². The molecule has 0 saturated heterocycles. The van der Waals surface area contributed by atoms with E-state index in [4.69, 9.17) is 27.9 Å². The zero-order valence-electron chi connectivity index (χ0n) is 17.4. The van der Waals surface area contributed by atoms with Gasteiger partial charge in [0.2, 0.25) is 0 Å². The van der Waals surface area contributed by atoms with E-state index >= 15 is 0 Å². The highest BCUT2D eigenvalue weighted by Gasteiger charge is 2.14. The number of hydrogen-bond acceptors (Lipinski definition) is 2. The molecule has 0 aliphatic heterocycles. The van der Waals surface area contributed by atoms with Gasteiger partial charge in [0.1, 0.15) is 12.4 Å². The van der Waals surface area contributed by atoms with Crippen LogP contribution in [0.2, 0.25) is 5.02 Å². The lowest BCUT2D eigenvalue weighted by atomic mass is 9.95. The first-order chi connectivity index (χ1) is 14.6. The predicted octanol–water partition coefficient (Wildman–Crippen LogP) is 7.22. The molecule has 0 heterocycles. The highest BCUT2D eigenvalue weighted by atomic mass is 35.5. The van der Waals surface area contributed by atoms with Crippen LogP contribution in [0, 0.1) is 0 Å². The second kappa shape index (κ2) is 11.2. The van der Waals surface area contributed by atoms with Crippen molar-refractivity contribution in [1.82, 2.24) is 4.90 Å². The quantitative estimate of drug-likeness (QED) is 0.326. The highest BCUT2D eigenvalue weighted by Crippen LogP contribution is 2.37. The normalized spacial score (nSPS) is 12.0. The fraction of sp³-hybridized carbons (Fsp3) is 0.231. The molecule has 30 heavy (non-hydrogen) atoms. The Hall–Kier alpha value is -2.26. The average Bonchev–Trinajstić information content (AvgIpc) is 2.79. The van der Waals surface area contributed by atoms with Gasteiger partial charge in [-0.05, 0) is 41.9 Å². The SMILES string of the molecule is CCN(CC)CCOc1ccc(/C(=C(\Cl)c2ccccc2)c2ccccc2)cc1Cl. The van der Waals surface area contributed by atoms with Crippen molar-refractivity contribution in [2.75, 3.05) is 26.2 Å². The average molecular weight is 440 g/mol. The second-order valence-electron chi connectivity index (χ2n) is 6.94. The monoisotopic (exact) mass is 439 g/mol. The Morgan fingerprint density at radius 3 is 1.97 bits per heavy atom. The van der Waals surface area contributed by atoms with E-state index in [0.29, 0.717) is 22.4 Å². The van der Waals surface area contributed by atoms with Gasteiger partial charge in [-0.3, -0.25) is 0 Å². The Kier molecular flexibility index (Phi) is 8.39. The minimum absolute atomic E-state index is 0.581. The maximum atomic E-state index is 6.88. The Bertz CT molecular complexity index is 967. The Labute approximate surface area is 189 Å². The smallest absolute Gasteiger partial charge is 0.137 e. The molecule has 0 bridgehead atoms. The van der Waals surface area contributed by atoms with Crippen molar-refractivity contribution in [3.05, 3.63) is 101 Å². The maximum Gasteiger partial charge on any atom is 0.137 e. The molecular formula is C26H27Cl2NO. The zero-order valence-corrected chi connectivity index (χ0v) is 19.0. The second-order valence-corrected chi connectivity index (χ2v) is 7.73. The van der Waals surface area contributed by atoms with Crippen molar-refractivity contribution in [2.45, 2.75) is 13.8 Å². The number of hydrogen-bond donors (Lipinski definition) is 0. The van der Waals surface area contributed by atoms with Gasteiger partial charge in [0.25, 0.3) is 0 Å². The predicted molar refractivity (Wildman–Crippen MR) is 129 cm³/mol. The third-order valence-corrected chi connectivity index (χ3v) is 5.79. The molecule has 0 N–H and O–H groups in total. The molecule has 0 amide bonds. The third-order valence-electron chi connectivity index (χ3n) is 5.09. The van der Waals surface area contributed by atoms with Crippen molar-refractivity contribution < 1.29 is 4.74 Å². The minimum Gasteiger partial charge on any atom is -0.491 e. The first kappa shape index (κ1) is 22.4. The Morgan fingerprint density at radius 1 is 0.800 bits per heavy atom. The molecule has 4 heteroatoms. The largest absolute Gasteiger partial charge is 0.491 e. The molecule has 3 rings (SSSR count). The van der Waals surface area contributed by atoms with Crippen LogP contribution < -0.4 is 4.74 Å². The fourth-order valence-corrected chi connectivity index (χ4v) is 3.93. The molecule has 0 unspecified atom stereocenters. The maximum absolute atomic E-state index is 6.88. The molecule has 2 nitrogen and oxygen atoms in total. The van der Waals surface area contributed by atoms with Crippen LogP contribution in [0.3, 0.4) is 0 Å². The molecule has 3 aromatic rings. The third kappa shape index (κ3) is 5.66. The van der Waals surface area contributed by atoms with Crippen LogP contribution in [0.15, 0.2) is 78.9 Å². The number of rotatable bonds is 9. The molecule has 0 saturated carbocycles. The van der Waals surface area contributed by atoms with Gasteiger partial charge in [0.15, 0.2) is 0 Å². The number of ether oxygens (including phenoxy) is 1. The van der Waals surface area contributed by atoms with Crippen molar-refractivity contribution in [2.24, 2.45) is 0 Å². The van der Waals surface area contributed by atoms with E-state index in [1.165, 1.54) is 0 Å². The summed E-state index contributed by atoms with van der Waals surface area (Å²) in [5, 5.41) is 1.27. The number of halogens is 2. The van der Waals surface area contributed by atoms with Gasteiger partial charge < -0.3 is 9.64 Å². The number of nitrogens with zero attached hydrogens (tertiary/aromatic N) is 1. The summed E-state index contributed by atoms with van der Waals surface area (Å²) in [6, 6.07) is 26.0. The van der Waals surface area contributed by atoms with Crippen molar-refractivity contribution in [3.63, 3.8) is 0 Å². The summed E-state index contributed by atoms with van der Waals surface area (Å²) in [5.41, 5.74) is 3.91. The lowest BCUT2D eigenvalue weighted by Gasteiger charge is -2.19. The fourth-order valence-electron chi connectivity index (χ4n) is 3.35. The van der Waals surface area contributed by atoms with E-state index in [9.17, 15) is 0 Å². The Morgan fingerprint density at radius 2 is 1.40 bits per heavy atom. The van der Waals surface area contributed by atoms with Gasteiger partial charge in [-0.1, -0.05) is 104 Å². The van der Waals surface area contributed by atoms with Crippen LogP contribution in [0.4, 0.5) is 0 Å². The molecule has 0 spiro atoms. The van der Waals surface area contributed by atoms with Gasteiger partial charge in [-0.15, -0.1) is 0 Å². The van der Waals surface area contributed by atoms with Gasteiger partial charge >= 0.3 is 0 Å². The summed E-state index contributed by atoms with van der Waals surface area (Å²) in [6.45, 7) is 7.80. The van der Waals surface area contributed by atoms with Crippen LogP contribution in [0.25, 0.3) is 10.6 Å². The topological polar surface area (TPSA) is 12.5 Å². The van der Waals surface area contributed by atoms with Gasteiger partial charge in [-0.25, -0.2) is 0 Å². The van der Waals surface area contributed by atoms with Crippen LogP contribution in [-0.2, 0) is 0 Å². The molecule has 0 fully saturated rings. The summed E-state index contributed by atoms with van der Waals surface area (Å²) >= 11 is 13.5. The van der Waals surface area contributed by atoms with E-state index in [1.54, 1.807) is 0 Å². The summed E-state index contributed by atoms with van der Waals surface area (Å²) in [6.07, 6.45) is 0. The minimum atomic E-state index is 0.581. The molecule has 156 valence electrons. The van der Waals surface area contributed by atoms with Crippen molar-refractivity contribution in [1.29, 1.82) is 0 Å². The molecule has 0 aromatic heterocycles. The molecule has 0 aliphatic rings. The van der Waals surface area contributed by atoms with Crippen molar-refractivity contribution in [3.8, 4) is 5.75 Å². The number of benzene rings is 3. The highest BCUT2D eigenvalue weighted by molar-refractivity contribution is 6.53. The van der Waals surface area contributed by atoms with E-state index in [0.717, 1.165) is 41.9 Å². The summed E-state index contributed by atoms with van der Waals surface area (Å²) < 4.78 is 5.93. The van der Waals surface area contributed by atoms with E-state index in [-0.39, 0.29) is 0 Å². The van der Waals surface area contributed by atoms with E-state index < -0.39 is 0 Å². The van der Waals surface area contributed by atoms with E-state index in [1.807, 2.05) is 66.7 Å².